The minimum absolute atomic E-state index is 0.00846. The minimum atomic E-state index is -0.806. The summed E-state index contributed by atoms with van der Waals surface area (Å²) >= 11 is 6.10. The minimum Gasteiger partial charge on any atom is -0.507 e. The molecule has 35 heavy (non-hydrogen) atoms. The van der Waals surface area contributed by atoms with Crippen molar-refractivity contribution in [3.8, 4) is 11.5 Å². The highest BCUT2D eigenvalue weighted by Gasteiger charge is 2.46. The molecule has 1 amide bonds. The zero-order valence-corrected chi connectivity index (χ0v) is 20.7. The summed E-state index contributed by atoms with van der Waals surface area (Å²) in [6, 6.07) is 17.0. The number of aryl methyl sites for hydroxylation is 2. The van der Waals surface area contributed by atoms with Gasteiger partial charge in [-0.15, -0.1) is 0 Å². The molecular weight excluding hydrogens is 466 g/mol. The maximum absolute atomic E-state index is 13.3. The number of ether oxygens (including phenoxy) is 2. The van der Waals surface area contributed by atoms with E-state index in [-0.39, 0.29) is 17.9 Å². The molecule has 0 aliphatic carbocycles. The normalized spacial score (nSPS) is 17.1. The van der Waals surface area contributed by atoms with Gasteiger partial charge >= 0.3 is 0 Å². The Balaban J connectivity index is 1.89. The highest BCUT2D eigenvalue weighted by atomic mass is 35.5. The maximum atomic E-state index is 13.3. The number of benzene rings is 3. The molecule has 1 heterocycles. The number of amides is 1. The number of halogens is 1. The van der Waals surface area contributed by atoms with E-state index in [1.165, 1.54) is 12.0 Å². The fraction of sp³-hybridized carbons (Fsp3) is 0.214. The molecule has 180 valence electrons. The third kappa shape index (κ3) is 4.62. The first-order valence-corrected chi connectivity index (χ1v) is 11.4. The molecule has 1 aliphatic rings. The van der Waals surface area contributed by atoms with Crippen molar-refractivity contribution in [3.63, 3.8) is 0 Å². The van der Waals surface area contributed by atoms with Crippen molar-refractivity contribution in [3.05, 3.63) is 99.1 Å². The van der Waals surface area contributed by atoms with Crippen molar-refractivity contribution < 1.29 is 24.2 Å². The summed E-state index contributed by atoms with van der Waals surface area (Å²) < 4.78 is 10.8. The predicted octanol–water partition coefficient (Wildman–Crippen LogP) is 5.60. The number of carbonyl (C=O) groups excluding carboxylic acids is 2. The molecule has 1 aliphatic heterocycles. The molecular formula is C28H26ClNO5. The molecule has 7 heteroatoms. The van der Waals surface area contributed by atoms with Crippen LogP contribution in [-0.2, 0) is 16.1 Å². The Kier molecular flexibility index (Phi) is 6.85. The number of rotatable bonds is 6. The fourth-order valence-electron chi connectivity index (χ4n) is 4.51. The topological polar surface area (TPSA) is 76.1 Å². The average molecular weight is 492 g/mol. The number of aliphatic hydroxyl groups excluding tert-OH is 1. The Hall–Kier alpha value is -3.77. The first-order valence-electron chi connectivity index (χ1n) is 11.1. The van der Waals surface area contributed by atoms with Crippen LogP contribution in [0.15, 0.2) is 66.2 Å². The second-order valence-electron chi connectivity index (χ2n) is 8.49. The fourth-order valence-corrected chi connectivity index (χ4v) is 4.63. The number of aliphatic hydroxyl groups is 1. The monoisotopic (exact) mass is 491 g/mol. The number of carbonyl (C=O) groups is 2. The van der Waals surface area contributed by atoms with Gasteiger partial charge in [-0.3, -0.25) is 9.59 Å². The van der Waals surface area contributed by atoms with E-state index in [0.717, 1.165) is 16.7 Å². The number of nitrogens with zero attached hydrogens (tertiary/aromatic N) is 1. The van der Waals surface area contributed by atoms with E-state index < -0.39 is 17.7 Å². The summed E-state index contributed by atoms with van der Waals surface area (Å²) in [5.74, 6) is -0.580. The molecule has 0 saturated carbocycles. The summed E-state index contributed by atoms with van der Waals surface area (Å²) in [4.78, 5) is 28.1. The third-order valence-electron chi connectivity index (χ3n) is 6.12. The number of hydrogen-bond donors (Lipinski definition) is 1. The lowest BCUT2D eigenvalue weighted by Gasteiger charge is -2.26. The van der Waals surface area contributed by atoms with E-state index in [0.29, 0.717) is 27.6 Å². The van der Waals surface area contributed by atoms with E-state index in [1.807, 2.05) is 32.0 Å². The number of ketones is 1. The first-order chi connectivity index (χ1) is 16.7. The quantitative estimate of drug-likeness (QED) is 0.276. The van der Waals surface area contributed by atoms with Gasteiger partial charge in [0.1, 0.15) is 17.3 Å². The van der Waals surface area contributed by atoms with Gasteiger partial charge in [0.2, 0.25) is 0 Å². The van der Waals surface area contributed by atoms with Crippen molar-refractivity contribution in [1.82, 2.24) is 4.90 Å². The van der Waals surface area contributed by atoms with Crippen molar-refractivity contribution in [2.45, 2.75) is 26.4 Å². The van der Waals surface area contributed by atoms with Crippen LogP contribution >= 0.6 is 11.6 Å². The molecule has 1 N–H and O–H groups in total. The number of methoxy groups -OCH3 is 2. The Bertz CT molecular complexity index is 1310. The van der Waals surface area contributed by atoms with Crippen molar-refractivity contribution in [2.75, 3.05) is 14.2 Å². The molecule has 4 rings (SSSR count). The van der Waals surface area contributed by atoms with E-state index in [2.05, 4.69) is 0 Å². The third-order valence-corrected chi connectivity index (χ3v) is 6.37. The molecule has 3 aromatic carbocycles. The van der Waals surface area contributed by atoms with Crippen molar-refractivity contribution in [1.29, 1.82) is 0 Å². The van der Waals surface area contributed by atoms with E-state index in [4.69, 9.17) is 21.1 Å². The van der Waals surface area contributed by atoms with Crippen LogP contribution in [-0.4, -0.2) is 35.9 Å². The second-order valence-corrected chi connectivity index (χ2v) is 8.93. The summed E-state index contributed by atoms with van der Waals surface area (Å²) in [6.45, 7) is 3.92. The van der Waals surface area contributed by atoms with E-state index in [1.54, 1.807) is 49.6 Å². The summed E-state index contributed by atoms with van der Waals surface area (Å²) in [6.07, 6.45) is 0. The van der Waals surface area contributed by atoms with Gasteiger partial charge in [-0.2, -0.15) is 0 Å². The van der Waals surface area contributed by atoms with Gasteiger partial charge in [-0.05, 0) is 66.4 Å². The van der Waals surface area contributed by atoms with Gasteiger partial charge in [-0.1, -0.05) is 41.9 Å². The number of hydrogen-bond acceptors (Lipinski definition) is 5. The Morgan fingerprint density at radius 2 is 1.63 bits per heavy atom. The summed E-state index contributed by atoms with van der Waals surface area (Å²) in [7, 11) is 3.09. The SMILES string of the molecule is COc1ccc(CN2C(=O)C(=O)/C(=C(/O)c3cc(C)cc(C)c3OC)C2c2ccc(Cl)cc2)cc1. The molecule has 6 nitrogen and oxygen atoms in total. The highest BCUT2D eigenvalue weighted by Crippen LogP contribution is 2.42. The molecule has 1 atom stereocenters. The summed E-state index contributed by atoms with van der Waals surface area (Å²) in [5, 5.41) is 12.0. The molecule has 0 bridgehead atoms. The lowest BCUT2D eigenvalue weighted by Crippen LogP contribution is -2.29. The lowest BCUT2D eigenvalue weighted by molar-refractivity contribution is -0.140. The van der Waals surface area contributed by atoms with Crippen LogP contribution < -0.4 is 9.47 Å². The van der Waals surface area contributed by atoms with Crippen LogP contribution in [0, 0.1) is 13.8 Å². The van der Waals surface area contributed by atoms with Crippen LogP contribution in [0.1, 0.15) is 33.9 Å². The van der Waals surface area contributed by atoms with E-state index in [9.17, 15) is 14.7 Å². The average Bonchev–Trinajstić information content (AvgIpc) is 3.09. The Morgan fingerprint density at radius 1 is 0.971 bits per heavy atom. The lowest BCUT2D eigenvalue weighted by atomic mass is 9.93. The van der Waals surface area contributed by atoms with Gasteiger partial charge in [0.05, 0.1) is 31.4 Å². The van der Waals surface area contributed by atoms with Crippen LogP contribution in [0.5, 0.6) is 11.5 Å². The van der Waals surface area contributed by atoms with Crippen LogP contribution in [0.3, 0.4) is 0 Å². The number of Topliss-reactive ketones (excluding diaryl/α,β-unsaturated/α-hetero) is 1. The predicted molar refractivity (Wildman–Crippen MR) is 135 cm³/mol. The zero-order chi connectivity index (χ0) is 25.3. The van der Waals surface area contributed by atoms with Crippen molar-refractivity contribution in [2.24, 2.45) is 0 Å². The van der Waals surface area contributed by atoms with E-state index >= 15 is 0 Å². The highest BCUT2D eigenvalue weighted by molar-refractivity contribution is 6.46. The summed E-state index contributed by atoms with van der Waals surface area (Å²) in [5.41, 5.74) is 3.55. The molecule has 0 aromatic heterocycles. The largest absolute Gasteiger partial charge is 0.507 e. The van der Waals surface area contributed by atoms with Crippen LogP contribution in [0.25, 0.3) is 5.76 Å². The smallest absolute Gasteiger partial charge is 0.295 e. The van der Waals surface area contributed by atoms with Gasteiger partial charge in [-0.25, -0.2) is 0 Å². The Morgan fingerprint density at radius 3 is 2.23 bits per heavy atom. The molecule has 0 radical (unpaired) electrons. The Labute approximate surface area is 209 Å². The van der Waals surface area contributed by atoms with Gasteiger partial charge in [0, 0.05) is 11.6 Å². The molecule has 0 spiro atoms. The van der Waals surface area contributed by atoms with Gasteiger partial charge in [0.15, 0.2) is 0 Å². The number of likely N-dealkylation sites (tertiary alicyclic amines) is 1. The zero-order valence-electron chi connectivity index (χ0n) is 20.0. The molecule has 1 unspecified atom stereocenters. The molecule has 3 aromatic rings. The first kappa shape index (κ1) is 24.4. The van der Waals surface area contributed by atoms with Gasteiger partial charge < -0.3 is 19.5 Å². The molecule has 1 saturated heterocycles. The standard InChI is InChI=1S/C28H26ClNO5/c1-16-13-17(2)27(35-4)22(14-16)25(31)23-24(19-7-9-20(29)10-8-19)30(28(33)26(23)32)15-18-5-11-21(34-3)12-6-18/h5-14,24,31H,15H2,1-4H3/b25-23+. The second kappa shape index (κ2) is 9.84. The maximum Gasteiger partial charge on any atom is 0.295 e. The van der Waals surface area contributed by atoms with Gasteiger partial charge in [0.25, 0.3) is 11.7 Å². The van der Waals surface area contributed by atoms with Crippen LogP contribution in [0.2, 0.25) is 5.02 Å². The van der Waals surface area contributed by atoms with Crippen molar-refractivity contribution >= 4 is 29.1 Å². The molecule has 1 fully saturated rings. The van der Waals surface area contributed by atoms with Crippen LogP contribution in [0.4, 0.5) is 0 Å².